The predicted octanol–water partition coefficient (Wildman–Crippen LogP) is 3.40. The van der Waals surface area contributed by atoms with Gasteiger partial charge in [-0.1, -0.05) is 17.7 Å². The molecule has 0 fully saturated rings. The molecule has 0 radical (unpaired) electrons. The maximum absolute atomic E-state index is 13.5. The van der Waals surface area contributed by atoms with E-state index in [0.29, 0.717) is 11.3 Å². The standard InChI is InChI=1S/C15H11ClFN3O/c16-11-4-5-14(13(17)7-11)20-15(21)9-19-12-3-1-2-10(6-12)8-18/h1-7,19H,9H2,(H,20,21). The van der Waals surface area contributed by atoms with Gasteiger partial charge < -0.3 is 10.6 Å². The molecule has 2 aromatic carbocycles. The summed E-state index contributed by atoms with van der Waals surface area (Å²) in [6, 6.07) is 12.7. The number of anilines is 2. The summed E-state index contributed by atoms with van der Waals surface area (Å²) in [6.45, 7) is -0.0447. The van der Waals surface area contributed by atoms with Crippen LogP contribution >= 0.6 is 11.6 Å². The molecule has 0 aliphatic carbocycles. The first-order chi connectivity index (χ1) is 10.1. The van der Waals surface area contributed by atoms with Crippen molar-refractivity contribution >= 4 is 28.9 Å². The molecule has 2 aromatic rings. The number of halogens is 2. The van der Waals surface area contributed by atoms with E-state index in [2.05, 4.69) is 10.6 Å². The van der Waals surface area contributed by atoms with Crippen LogP contribution in [0.15, 0.2) is 42.5 Å². The van der Waals surface area contributed by atoms with Crippen LogP contribution < -0.4 is 10.6 Å². The topological polar surface area (TPSA) is 64.9 Å². The van der Waals surface area contributed by atoms with Gasteiger partial charge in [-0.05, 0) is 36.4 Å². The van der Waals surface area contributed by atoms with Crippen molar-refractivity contribution in [3.05, 3.63) is 58.9 Å². The highest BCUT2D eigenvalue weighted by atomic mass is 35.5. The van der Waals surface area contributed by atoms with E-state index in [4.69, 9.17) is 16.9 Å². The fraction of sp³-hybridized carbons (Fsp3) is 0.0667. The smallest absolute Gasteiger partial charge is 0.243 e. The Morgan fingerprint density at radius 2 is 2.10 bits per heavy atom. The van der Waals surface area contributed by atoms with Gasteiger partial charge in [-0.15, -0.1) is 0 Å². The Kier molecular flexibility index (Phi) is 4.75. The summed E-state index contributed by atoms with van der Waals surface area (Å²) in [5.74, 6) is -0.999. The summed E-state index contributed by atoms with van der Waals surface area (Å²) in [4.78, 5) is 11.7. The monoisotopic (exact) mass is 303 g/mol. The molecular weight excluding hydrogens is 293 g/mol. The molecule has 0 atom stereocenters. The Labute approximate surface area is 126 Å². The minimum atomic E-state index is -0.595. The molecule has 4 nitrogen and oxygen atoms in total. The minimum Gasteiger partial charge on any atom is -0.376 e. The quantitative estimate of drug-likeness (QED) is 0.910. The van der Waals surface area contributed by atoms with Crippen LogP contribution in [-0.2, 0) is 4.79 Å². The lowest BCUT2D eigenvalue weighted by molar-refractivity contribution is -0.114. The zero-order valence-corrected chi connectivity index (χ0v) is 11.6. The lowest BCUT2D eigenvalue weighted by Crippen LogP contribution is -2.22. The van der Waals surface area contributed by atoms with E-state index in [1.165, 1.54) is 12.1 Å². The highest BCUT2D eigenvalue weighted by molar-refractivity contribution is 6.30. The Morgan fingerprint density at radius 3 is 2.81 bits per heavy atom. The molecule has 0 saturated heterocycles. The summed E-state index contributed by atoms with van der Waals surface area (Å²) >= 11 is 5.63. The molecular formula is C15H11ClFN3O. The first kappa shape index (κ1) is 14.8. The second-order valence-corrected chi connectivity index (χ2v) is 4.65. The highest BCUT2D eigenvalue weighted by Crippen LogP contribution is 2.18. The van der Waals surface area contributed by atoms with E-state index >= 15 is 0 Å². The van der Waals surface area contributed by atoms with Gasteiger partial charge in [0.05, 0.1) is 23.9 Å². The van der Waals surface area contributed by atoms with E-state index < -0.39 is 11.7 Å². The van der Waals surface area contributed by atoms with E-state index in [-0.39, 0.29) is 17.3 Å². The molecule has 2 rings (SSSR count). The number of hydrogen-bond donors (Lipinski definition) is 2. The van der Waals surface area contributed by atoms with Gasteiger partial charge in [-0.3, -0.25) is 4.79 Å². The van der Waals surface area contributed by atoms with Crippen LogP contribution in [-0.4, -0.2) is 12.5 Å². The van der Waals surface area contributed by atoms with E-state index in [9.17, 15) is 9.18 Å². The zero-order valence-electron chi connectivity index (χ0n) is 10.9. The average molecular weight is 304 g/mol. The minimum absolute atomic E-state index is 0.0447. The fourth-order valence-electron chi connectivity index (χ4n) is 1.67. The molecule has 0 saturated carbocycles. The molecule has 0 aliphatic heterocycles. The van der Waals surface area contributed by atoms with Crippen molar-refractivity contribution in [2.75, 3.05) is 17.2 Å². The maximum atomic E-state index is 13.5. The van der Waals surface area contributed by atoms with Crippen molar-refractivity contribution in [3.8, 4) is 6.07 Å². The molecule has 0 spiro atoms. The number of rotatable bonds is 4. The highest BCUT2D eigenvalue weighted by Gasteiger charge is 2.07. The number of amides is 1. The van der Waals surface area contributed by atoms with Gasteiger partial charge in [0.15, 0.2) is 0 Å². The SMILES string of the molecule is N#Cc1cccc(NCC(=O)Nc2ccc(Cl)cc2F)c1. The lowest BCUT2D eigenvalue weighted by atomic mass is 10.2. The number of nitrogens with zero attached hydrogens (tertiary/aromatic N) is 1. The molecule has 0 unspecified atom stereocenters. The van der Waals surface area contributed by atoms with Crippen molar-refractivity contribution in [2.45, 2.75) is 0 Å². The molecule has 0 heterocycles. The van der Waals surface area contributed by atoms with Crippen molar-refractivity contribution in [1.29, 1.82) is 5.26 Å². The molecule has 0 bridgehead atoms. The van der Waals surface area contributed by atoms with Gasteiger partial charge in [0, 0.05) is 10.7 Å². The first-order valence-electron chi connectivity index (χ1n) is 6.07. The van der Waals surface area contributed by atoms with Crippen LogP contribution in [0.25, 0.3) is 0 Å². The lowest BCUT2D eigenvalue weighted by Gasteiger charge is -2.09. The van der Waals surface area contributed by atoms with Crippen LogP contribution in [0.4, 0.5) is 15.8 Å². The Bertz CT molecular complexity index is 712. The number of nitrogens with one attached hydrogen (secondary N) is 2. The van der Waals surface area contributed by atoms with E-state index in [1.54, 1.807) is 24.3 Å². The summed E-state index contributed by atoms with van der Waals surface area (Å²) in [6.07, 6.45) is 0. The Balaban J connectivity index is 1.94. The molecule has 0 aromatic heterocycles. The number of carbonyl (C=O) groups excluding carboxylic acids is 1. The van der Waals surface area contributed by atoms with Gasteiger partial charge in [0.25, 0.3) is 0 Å². The average Bonchev–Trinajstić information content (AvgIpc) is 2.48. The van der Waals surface area contributed by atoms with Crippen LogP contribution in [0.5, 0.6) is 0 Å². The van der Waals surface area contributed by atoms with Crippen molar-refractivity contribution < 1.29 is 9.18 Å². The third-order valence-corrected chi connectivity index (χ3v) is 2.89. The number of nitriles is 1. The van der Waals surface area contributed by atoms with Gasteiger partial charge in [0.2, 0.25) is 5.91 Å². The summed E-state index contributed by atoms with van der Waals surface area (Å²) in [7, 11) is 0. The van der Waals surface area contributed by atoms with Gasteiger partial charge >= 0.3 is 0 Å². The molecule has 21 heavy (non-hydrogen) atoms. The Hall–Kier alpha value is -2.58. The molecule has 2 N–H and O–H groups in total. The van der Waals surface area contributed by atoms with E-state index in [0.717, 1.165) is 6.07 Å². The van der Waals surface area contributed by atoms with E-state index in [1.807, 2.05) is 6.07 Å². The normalized spacial score (nSPS) is 9.76. The number of hydrogen-bond acceptors (Lipinski definition) is 3. The molecule has 0 aliphatic rings. The molecule has 106 valence electrons. The summed E-state index contributed by atoms with van der Waals surface area (Å²) in [5, 5.41) is 14.3. The summed E-state index contributed by atoms with van der Waals surface area (Å²) < 4.78 is 13.5. The van der Waals surface area contributed by atoms with Crippen LogP contribution in [0.2, 0.25) is 5.02 Å². The van der Waals surface area contributed by atoms with Crippen LogP contribution in [0.1, 0.15) is 5.56 Å². The third-order valence-electron chi connectivity index (χ3n) is 2.65. The predicted molar refractivity (Wildman–Crippen MR) is 79.7 cm³/mol. The second-order valence-electron chi connectivity index (χ2n) is 4.22. The third kappa shape index (κ3) is 4.20. The van der Waals surface area contributed by atoms with Gasteiger partial charge in [-0.25, -0.2) is 4.39 Å². The number of carbonyl (C=O) groups is 1. The van der Waals surface area contributed by atoms with Crippen molar-refractivity contribution in [1.82, 2.24) is 0 Å². The summed E-state index contributed by atoms with van der Waals surface area (Å²) in [5.41, 5.74) is 1.20. The van der Waals surface area contributed by atoms with Gasteiger partial charge in [-0.2, -0.15) is 5.26 Å². The first-order valence-corrected chi connectivity index (χ1v) is 6.45. The van der Waals surface area contributed by atoms with Crippen molar-refractivity contribution in [3.63, 3.8) is 0 Å². The molecule has 6 heteroatoms. The molecule has 1 amide bonds. The zero-order chi connectivity index (χ0) is 15.2. The number of benzene rings is 2. The van der Waals surface area contributed by atoms with Gasteiger partial charge in [0.1, 0.15) is 5.82 Å². The maximum Gasteiger partial charge on any atom is 0.243 e. The van der Waals surface area contributed by atoms with Crippen LogP contribution in [0, 0.1) is 17.1 Å². The van der Waals surface area contributed by atoms with Crippen LogP contribution in [0.3, 0.4) is 0 Å². The Morgan fingerprint density at radius 1 is 1.29 bits per heavy atom. The van der Waals surface area contributed by atoms with Crippen molar-refractivity contribution in [2.24, 2.45) is 0 Å². The largest absolute Gasteiger partial charge is 0.376 e. The fourth-order valence-corrected chi connectivity index (χ4v) is 1.83. The second kappa shape index (κ2) is 6.73.